The average molecular weight is 301 g/mol. The molecule has 2 N–H and O–H groups in total. The van der Waals surface area contributed by atoms with Crippen molar-refractivity contribution in [2.45, 2.75) is 26.8 Å². The number of para-hydroxylation sites is 1. The molecule has 5 nitrogen and oxygen atoms in total. The van der Waals surface area contributed by atoms with E-state index in [1.165, 1.54) is 0 Å². The number of aromatic amines is 1. The smallest absolute Gasteiger partial charge is 0.234 e. The van der Waals surface area contributed by atoms with Gasteiger partial charge in [0.1, 0.15) is 0 Å². The lowest BCUT2D eigenvalue weighted by molar-refractivity contribution is -0.122. The maximum atomic E-state index is 12.8. The second-order valence-corrected chi connectivity index (χ2v) is 5.30. The maximum Gasteiger partial charge on any atom is 0.234 e. The Bertz CT molecular complexity index is 663. The molecule has 0 bridgehead atoms. The van der Waals surface area contributed by atoms with Gasteiger partial charge in [0.25, 0.3) is 0 Å². The number of carbonyl (C=O) groups is 2. The molecule has 0 saturated carbocycles. The number of fused-ring (bicyclic) bond motifs is 1. The van der Waals surface area contributed by atoms with Gasteiger partial charge < -0.3 is 10.3 Å². The molecule has 1 heterocycles. The van der Waals surface area contributed by atoms with E-state index < -0.39 is 0 Å². The highest BCUT2D eigenvalue weighted by Gasteiger charge is 2.24. The topological polar surface area (TPSA) is 65.2 Å². The highest BCUT2D eigenvalue weighted by molar-refractivity contribution is 6.10. The van der Waals surface area contributed by atoms with E-state index in [0.29, 0.717) is 18.7 Å². The molecule has 0 unspecified atom stereocenters. The number of H-pyrrole nitrogens is 1. The quantitative estimate of drug-likeness (QED) is 0.771. The summed E-state index contributed by atoms with van der Waals surface area (Å²) >= 11 is 0. The second-order valence-electron chi connectivity index (χ2n) is 5.30. The fraction of sp³-hybridized carbons (Fsp3) is 0.412. The van der Waals surface area contributed by atoms with Crippen molar-refractivity contribution in [1.29, 1.82) is 0 Å². The molecule has 0 spiro atoms. The van der Waals surface area contributed by atoms with E-state index in [1.54, 1.807) is 6.20 Å². The van der Waals surface area contributed by atoms with Crippen molar-refractivity contribution in [1.82, 2.24) is 15.2 Å². The average Bonchev–Trinajstić information content (AvgIpc) is 2.95. The molecule has 0 aliphatic carbocycles. The van der Waals surface area contributed by atoms with Gasteiger partial charge in [-0.3, -0.25) is 14.5 Å². The van der Waals surface area contributed by atoms with Crippen LogP contribution >= 0.6 is 0 Å². The summed E-state index contributed by atoms with van der Waals surface area (Å²) in [5, 5.41) is 3.69. The number of benzene rings is 1. The van der Waals surface area contributed by atoms with Crippen LogP contribution in [0.1, 0.15) is 31.1 Å². The lowest BCUT2D eigenvalue weighted by Crippen LogP contribution is -2.45. The van der Waals surface area contributed by atoms with Crippen LogP contribution in [-0.2, 0) is 4.79 Å². The number of Topliss-reactive ketones (excluding diaryl/α,β-unsaturated/α-hetero) is 1. The molecule has 0 radical (unpaired) electrons. The summed E-state index contributed by atoms with van der Waals surface area (Å²) < 4.78 is 0. The molecule has 1 atom stereocenters. The van der Waals surface area contributed by atoms with Crippen LogP contribution in [0.2, 0.25) is 0 Å². The van der Waals surface area contributed by atoms with Crippen molar-refractivity contribution in [3.63, 3.8) is 0 Å². The number of nitrogens with one attached hydrogen (secondary N) is 2. The zero-order valence-corrected chi connectivity index (χ0v) is 13.3. The van der Waals surface area contributed by atoms with Crippen LogP contribution < -0.4 is 5.32 Å². The van der Waals surface area contributed by atoms with Gasteiger partial charge >= 0.3 is 0 Å². The van der Waals surface area contributed by atoms with Crippen LogP contribution in [0, 0.1) is 0 Å². The Hall–Kier alpha value is -2.14. The number of aromatic nitrogens is 1. The van der Waals surface area contributed by atoms with Gasteiger partial charge in [-0.25, -0.2) is 0 Å². The minimum absolute atomic E-state index is 0.0311. The van der Waals surface area contributed by atoms with E-state index in [-0.39, 0.29) is 24.3 Å². The minimum atomic E-state index is -0.341. The summed E-state index contributed by atoms with van der Waals surface area (Å²) in [7, 11) is 0. The van der Waals surface area contributed by atoms with Gasteiger partial charge in [0.15, 0.2) is 5.78 Å². The summed E-state index contributed by atoms with van der Waals surface area (Å²) in [6, 6.07) is 7.40. The molecule has 2 rings (SSSR count). The number of amides is 1. The molecule has 1 aromatic carbocycles. The van der Waals surface area contributed by atoms with Gasteiger partial charge in [-0.15, -0.1) is 0 Å². The Morgan fingerprint density at radius 2 is 2.00 bits per heavy atom. The van der Waals surface area contributed by atoms with E-state index >= 15 is 0 Å². The van der Waals surface area contributed by atoms with Gasteiger partial charge in [-0.2, -0.15) is 0 Å². The molecule has 0 saturated heterocycles. The molecule has 2 aromatic rings. The Labute approximate surface area is 130 Å². The molecule has 1 aromatic heterocycles. The molecule has 118 valence electrons. The van der Waals surface area contributed by atoms with Crippen LogP contribution in [0.15, 0.2) is 30.5 Å². The Balaban J connectivity index is 2.18. The summed E-state index contributed by atoms with van der Waals surface area (Å²) in [5.41, 5.74) is 1.63. The van der Waals surface area contributed by atoms with Crippen LogP contribution in [-0.4, -0.2) is 47.3 Å². The fourth-order valence-corrected chi connectivity index (χ4v) is 2.63. The normalized spacial score (nSPS) is 12.5. The van der Waals surface area contributed by atoms with Crippen LogP contribution in [0.4, 0.5) is 0 Å². The third-order valence-electron chi connectivity index (χ3n) is 3.91. The summed E-state index contributed by atoms with van der Waals surface area (Å²) in [6.45, 7) is 7.17. The first kappa shape index (κ1) is 16.2. The molecule has 0 fully saturated rings. The molecule has 22 heavy (non-hydrogen) atoms. The summed E-state index contributed by atoms with van der Waals surface area (Å²) in [6.07, 6.45) is 1.75. The van der Waals surface area contributed by atoms with E-state index in [1.807, 2.05) is 49.9 Å². The molecular weight excluding hydrogens is 278 g/mol. The largest absolute Gasteiger partial charge is 0.360 e. The van der Waals surface area contributed by atoms with Crippen LogP contribution in [0.5, 0.6) is 0 Å². The van der Waals surface area contributed by atoms with Crippen molar-refractivity contribution in [3.05, 3.63) is 36.0 Å². The second kappa shape index (κ2) is 7.22. The van der Waals surface area contributed by atoms with Gasteiger partial charge in [0.2, 0.25) is 5.91 Å². The Kier molecular flexibility index (Phi) is 5.33. The van der Waals surface area contributed by atoms with Gasteiger partial charge in [0.05, 0.1) is 12.6 Å². The highest BCUT2D eigenvalue weighted by atomic mass is 16.2. The highest BCUT2D eigenvalue weighted by Crippen LogP contribution is 2.20. The predicted octanol–water partition coefficient (Wildman–Crippen LogP) is 2.20. The first-order valence-corrected chi connectivity index (χ1v) is 7.69. The fourth-order valence-electron chi connectivity index (χ4n) is 2.63. The van der Waals surface area contributed by atoms with Gasteiger partial charge in [0, 0.05) is 29.2 Å². The molecule has 1 amide bonds. The molecular formula is C17H23N3O2. The number of ketones is 1. The molecule has 0 aliphatic rings. The number of rotatable bonds is 7. The Morgan fingerprint density at radius 3 is 2.68 bits per heavy atom. The van der Waals surface area contributed by atoms with Crippen molar-refractivity contribution in [2.75, 3.05) is 19.6 Å². The number of nitrogens with zero attached hydrogens (tertiary/aromatic N) is 1. The van der Waals surface area contributed by atoms with E-state index in [4.69, 9.17) is 0 Å². The third kappa shape index (κ3) is 3.36. The van der Waals surface area contributed by atoms with Gasteiger partial charge in [-0.1, -0.05) is 25.1 Å². The standard InChI is InChI=1S/C17H23N3O2/c1-4-18-16(21)11-20(5-2)12(3)17(22)14-10-19-15-9-7-6-8-13(14)15/h6-10,12,19H,4-5,11H2,1-3H3,(H,18,21)/t12-/m0/s1. The SMILES string of the molecule is CCNC(=O)CN(CC)[C@@H](C)C(=O)c1c[nH]c2ccccc12. The third-order valence-corrected chi connectivity index (χ3v) is 3.91. The van der Waals surface area contributed by atoms with Crippen molar-refractivity contribution >= 4 is 22.6 Å². The Morgan fingerprint density at radius 1 is 1.27 bits per heavy atom. The zero-order valence-electron chi connectivity index (χ0n) is 13.3. The summed E-state index contributed by atoms with van der Waals surface area (Å²) in [4.78, 5) is 29.5. The first-order valence-electron chi connectivity index (χ1n) is 7.69. The monoisotopic (exact) mass is 301 g/mol. The van der Waals surface area contributed by atoms with Crippen LogP contribution in [0.3, 0.4) is 0 Å². The molecule has 5 heteroatoms. The maximum absolute atomic E-state index is 12.8. The summed E-state index contributed by atoms with van der Waals surface area (Å²) in [5.74, 6) is -0.0217. The number of likely N-dealkylation sites (N-methyl/N-ethyl adjacent to an activating group) is 2. The first-order chi connectivity index (χ1) is 10.6. The zero-order chi connectivity index (χ0) is 16.1. The lowest BCUT2D eigenvalue weighted by atomic mass is 10.0. The van der Waals surface area contributed by atoms with Crippen molar-refractivity contribution < 1.29 is 9.59 Å². The van der Waals surface area contributed by atoms with E-state index in [0.717, 1.165) is 10.9 Å². The molecule has 0 aliphatic heterocycles. The van der Waals surface area contributed by atoms with E-state index in [9.17, 15) is 9.59 Å². The van der Waals surface area contributed by atoms with Crippen molar-refractivity contribution in [2.24, 2.45) is 0 Å². The minimum Gasteiger partial charge on any atom is -0.360 e. The lowest BCUT2D eigenvalue weighted by Gasteiger charge is -2.25. The number of carbonyl (C=O) groups excluding carboxylic acids is 2. The van der Waals surface area contributed by atoms with Gasteiger partial charge in [-0.05, 0) is 26.5 Å². The number of hydrogen-bond donors (Lipinski definition) is 2. The van der Waals surface area contributed by atoms with Crippen molar-refractivity contribution in [3.8, 4) is 0 Å². The van der Waals surface area contributed by atoms with E-state index in [2.05, 4.69) is 10.3 Å². The predicted molar refractivity (Wildman–Crippen MR) is 88.0 cm³/mol. The number of hydrogen-bond acceptors (Lipinski definition) is 3. The van der Waals surface area contributed by atoms with Crippen LogP contribution in [0.25, 0.3) is 10.9 Å².